The summed E-state index contributed by atoms with van der Waals surface area (Å²) >= 11 is 0. The van der Waals surface area contributed by atoms with Crippen LogP contribution in [0, 0.1) is 13.8 Å². The number of imidazole rings is 1. The number of fused-ring (bicyclic) bond motifs is 1. The van der Waals surface area contributed by atoms with Crippen LogP contribution in [0.1, 0.15) is 18.1 Å². The van der Waals surface area contributed by atoms with Gasteiger partial charge in [-0.25, -0.2) is 4.98 Å². The number of nitrogens with zero attached hydrogens (tertiary/aromatic N) is 2. The van der Waals surface area contributed by atoms with E-state index in [4.69, 9.17) is 0 Å². The van der Waals surface area contributed by atoms with E-state index in [1.165, 1.54) is 11.1 Å². The zero-order valence-corrected chi connectivity index (χ0v) is 11.5. The van der Waals surface area contributed by atoms with Crippen molar-refractivity contribution in [2.45, 2.75) is 33.4 Å². The summed E-state index contributed by atoms with van der Waals surface area (Å²) in [6.45, 7) is 7.00. The van der Waals surface area contributed by atoms with Crippen LogP contribution < -0.4 is 5.32 Å². The third-order valence-electron chi connectivity index (χ3n) is 3.36. The van der Waals surface area contributed by atoms with Gasteiger partial charge in [-0.05, 0) is 43.7 Å². The molecule has 0 aliphatic carbocycles. The summed E-state index contributed by atoms with van der Waals surface area (Å²) in [6, 6.07) is 3.50. The first kappa shape index (κ1) is 13.5. The van der Waals surface area contributed by atoms with E-state index in [-0.39, 0.29) is 0 Å². The maximum atomic E-state index is 11.2. The summed E-state index contributed by atoms with van der Waals surface area (Å²) in [7, 11) is 0. The molecule has 19 heavy (non-hydrogen) atoms. The highest BCUT2D eigenvalue weighted by Crippen LogP contribution is 2.18. The van der Waals surface area contributed by atoms with Gasteiger partial charge in [0.2, 0.25) is 0 Å². The van der Waals surface area contributed by atoms with E-state index < -0.39 is 12.0 Å². The van der Waals surface area contributed by atoms with Crippen LogP contribution in [0.4, 0.5) is 0 Å². The topological polar surface area (TPSA) is 67.2 Å². The first-order valence-corrected chi connectivity index (χ1v) is 6.41. The second kappa shape index (κ2) is 5.40. The predicted octanol–water partition coefficient (Wildman–Crippen LogP) is 1.72. The fourth-order valence-corrected chi connectivity index (χ4v) is 2.13. The Bertz CT molecular complexity index is 604. The molecule has 0 bridgehead atoms. The van der Waals surface area contributed by atoms with Crippen LogP contribution in [-0.2, 0) is 11.3 Å². The first-order valence-electron chi connectivity index (χ1n) is 6.41. The monoisotopic (exact) mass is 261 g/mol. The first-order chi connectivity index (χ1) is 9.02. The lowest BCUT2D eigenvalue weighted by atomic mass is 10.1. The van der Waals surface area contributed by atoms with E-state index in [0.29, 0.717) is 13.1 Å². The lowest BCUT2D eigenvalue weighted by Crippen LogP contribution is -2.39. The molecule has 0 fully saturated rings. The average Bonchev–Trinajstić information content (AvgIpc) is 2.72. The van der Waals surface area contributed by atoms with E-state index in [1.807, 2.05) is 31.4 Å². The third kappa shape index (κ3) is 2.76. The van der Waals surface area contributed by atoms with Crippen molar-refractivity contribution in [1.82, 2.24) is 14.9 Å². The maximum absolute atomic E-state index is 11.2. The van der Waals surface area contributed by atoms with Gasteiger partial charge >= 0.3 is 5.97 Å². The highest BCUT2D eigenvalue weighted by molar-refractivity contribution is 5.78. The van der Waals surface area contributed by atoms with Crippen molar-refractivity contribution in [2.24, 2.45) is 0 Å². The highest BCUT2D eigenvalue weighted by Gasteiger charge is 2.17. The van der Waals surface area contributed by atoms with E-state index in [2.05, 4.69) is 16.4 Å². The van der Waals surface area contributed by atoms with Gasteiger partial charge in [0.1, 0.15) is 6.04 Å². The van der Waals surface area contributed by atoms with Gasteiger partial charge in [-0.2, -0.15) is 0 Å². The smallest absolute Gasteiger partial charge is 0.322 e. The number of carbonyl (C=O) groups is 1. The largest absolute Gasteiger partial charge is 0.480 e. The zero-order valence-electron chi connectivity index (χ0n) is 11.5. The molecule has 2 rings (SSSR count). The predicted molar refractivity (Wildman–Crippen MR) is 74.3 cm³/mol. The van der Waals surface area contributed by atoms with E-state index in [9.17, 15) is 9.90 Å². The molecule has 5 nitrogen and oxygen atoms in total. The Hall–Kier alpha value is -1.88. The summed E-state index contributed by atoms with van der Waals surface area (Å²) in [5.41, 5.74) is 4.26. The molecule has 0 aliphatic rings. The molecule has 2 N–H and O–H groups in total. The van der Waals surface area contributed by atoms with Crippen molar-refractivity contribution >= 4 is 17.0 Å². The van der Waals surface area contributed by atoms with Crippen molar-refractivity contribution < 1.29 is 9.90 Å². The van der Waals surface area contributed by atoms with Crippen LogP contribution >= 0.6 is 0 Å². The average molecular weight is 261 g/mol. The van der Waals surface area contributed by atoms with Crippen LogP contribution in [0.5, 0.6) is 0 Å². The summed E-state index contributed by atoms with van der Waals surface area (Å²) in [4.78, 5) is 15.5. The number of likely N-dealkylation sites (N-methyl/N-ethyl adjacent to an activating group) is 1. The van der Waals surface area contributed by atoms with E-state index >= 15 is 0 Å². The normalized spacial score (nSPS) is 12.8. The third-order valence-corrected chi connectivity index (χ3v) is 3.36. The van der Waals surface area contributed by atoms with Crippen LogP contribution in [0.2, 0.25) is 0 Å². The van der Waals surface area contributed by atoms with Crippen LogP contribution in [0.15, 0.2) is 18.5 Å². The van der Waals surface area contributed by atoms with Gasteiger partial charge < -0.3 is 15.0 Å². The van der Waals surface area contributed by atoms with Crippen molar-refractivity contribution in [3.8, 4) is 0 Å². The van der Waals surface area contributed by atoms with Gasteiger partial charge in [0.25, 0.3) is 0 Å². The van der Waals surface area contributed by atoms with Crippen molar-refractivity contribution in [1.29, 1.82) is 0 Å². The Labute approximate surface area is 112 Å². The van der Waals surface area contributed by atoms with Crippen molar-refractivity contribution in [3.05, 3.63) is 29.6 Å². The number of aliphatic carboxylic acids is 1. The number of nitrogens with one attached hydrogen (secondary N) is 1. The second-order valence-electron chi connectivity index (χ2n) is 4.77. The Morgan fingerprint density at radius 2 is 2.11 bits per heavy atom. The number of rotatable bonds is 5. The molecule has 102 valence electrons. The highest BCUT2D eigenvalue weighted by atomic mass is 16.4. The second-order valence-corrected chi connectivity index (χ2v) is 4.77. The molecular weight excluding hydrogens is 242 g/mol. The molecule has 1 aromatic heterocycles. The van der Waals surface area contributed by atoms with Gasteiger partial charge in [0.05, 0.1) is 23.9 Å². The minimum absolute atomic E-state index is 0.377. The molecule has 1 heterocycles. The maximum Gasteiger partial charge on any atom is 0.322 e. The van der Waals surface area contributed by atoms with Gasteiger partial charge in [-0.15, -0.1) is 0 Å². The number of hydrogen-bond donors (Lipinski definition) is 2. The molecule has 0 spiro atoms. The SMILES string of the molecule is CCNC(Cn1cnc2cc(C)c(C)cc21)C(=O)O. The lowest BCUT2D eigenvalue weighted by molar-refractivity contribution is -0.139. The van der Waals surface area contributed by atoms with Crippen molar-refractivity contribution in [3.63, 3.8) is 0 Å². The standard InChI is InChI=1S/C14H19N3O2/c1-4-15-12(14(18)19)7-17-8-16-11-5-9(2)10(3)6-13(11)17/h5-6,8,12,15H,4,7H2,1-3H3,(H,18,19). The van der Waals surface area contributed by atoms with E-state index in [0.717, 1.165) is 11.0 Å². The lowest BCUT2D eigenvalue weighted by Gasteiger charge is -2.14. The molecule has 1 unspecified atom stereocenters. The Morgan fingerprint density at radius 1 is 1.42 bits per heavy atom. The van der Waals surface area contributed by atoms with Gasteiger partial charge in [0.15, 0.2) is 0 Å². The molecule has 0 aliphatic heterocycles. The summed E-state index contributed by atoms with van der Waals surface area (Å²) in [6.07, 6.45) is 1.71. The van der Waals surface area contributed by atoms with Crippen LogP contribution in [0.25, 0.3) is 11.0 Å². The molecule has 0 radical (unpaired) electrons. The number of carboxylic acid groups (broad SMARTS) is 1. The molecule has 2 aromatic rings. The number of aromatic nitrogens is 2. The van der Waals surface area contributed by atoms with Gasteiger partial charge in [-0.3, -0.25) is 4.79 Å². The molecule has 0 amide bonds. The minimum atomic E-state index is -0.840. The summed E-state index contributed by atoms with van der Waals surface area (Å²) in [5.74, 6) is -0.840. The molecule has 1 aromatic carbocycles. The molecule has 0 saturated carbocycles. The van der Waals surface area contributed by atoms with Gasteiger partial charge in [-0.1, -0.05) is 6.92 Å². The fourth-order valence-electron chi connectivity index (χ4n) is 2.13. The van der Waals surface area contributed by atoms with E-state index in [1.54, 1.807) is 6.33 Å². The summed E-state index contributed by atoms with van der Waals surface area (Å²) in [5, 5.41) is 12.1. The minimum Gasteiger partial charge on any atom is -0.480 e. The summed E-state index contributed by atoms with van der Waals surface area (Å²) < 4.78 is 1.89. The Kier molecular flexibility index (Phi) is 3.85. The molecular formula is C14H19N3O2. The quantitative estimate of drug-likeness (QED) is 0.860. The fraction of sp³-hybridized carbons (Fsp3) is 0.429. The van der Waals surface area contributed by atoms with Crippen LogP contribution in [-0.4, -0.2) is 33.2 Å². The number of carboxylic acids is 1. The molecule has 1 atom stereocenters. The Morgan fingerprint density at radius 3 is 2.74 bits per heavy atom. The number of aryl methyl sites for hydroxylation is 2. The van der Waals surface area contributed by atoms with Crippen LogP contribution in [0.3, 0.4) is 0 Å². The van der Waals surface area contributed by atoms with Crippen molar-refractivity contribution in [2.75, 3.05) is 6.54 Å². The molecule has 0 saturated heterocycles. The van der Waals surface area contributed by atoms with Gasteiger partial charge in [0, 0.05) is 0 Å². The molecule has 5 heteroatoms. The number of benzene rings is 1. The zero-order chi connectivity index (χ0) is 14.0. The Balaban J connectivity index is 2.35. The number of hydrogen-bond acceptors (Lipinski definition) is 3.